The fourth-order valence-electron chi connectivity index (χ4n) is 2.67. The Hall–Kier alpha value is -2.57. The zero-order chi connectivity index (χ0) is 23.6. The average Bonchev–Trinajstić information content (AvgIpc) is 3.21. The van der Waals surface area contributed by atoms with Gasteiger partial charge in [0.15, 0.2) is 5.78 Å². The molecule has 0 spiro atoms. The molecule has 3 aromatic rings. The maximum atomic E-state index is 13.0. The number of ketones is 1. The van der Waals surface area contributed by atoms with Crippen molar-refractivity contribution in [3.63, 3.8) is 0 Å². The highest BCUT2D eigenvalue weighted by Crippen LogP contribution is 2.36. The number of hydrogen-bond acceptors (Lipinski definition) is 7. The van der Waals surface area contributed by atoms with Gasteiger partial charge >= 0.3 is 6.18 Å². The minimum atomic E-state index is -4.65. The van der Waals surface area contributed by atoms with Crippen molar-refractivity contribution in [1.82, 2.24) is 15.0 Å². The summed E-state index contributed by atoms with van der Waals surface area (Å²) in [6.45, 7) is 1.76. The molecule has 0 fully saturated rings. The minimum absolute atomic E-state index is 0.0513. The van der Waals surface area contributed by atoms with E-state index in [4.69, 9.17) is 17.3 Å². The molecule has 7 nitrogen and oxygen atoms in total. The van der Waals surface area contributed by atoms with Crippen LogP contribution in [0.25, 0.3) is 0 Å². The predicted molar refractivity (Wildman–Crippen MR) is 118 cm³/mol. The first-order valence-corrected chi connectivity index (χ1v) is 10.9. The van der Waals surface area contributed by atoms with Gasteiger partial charge in [0.25, 0.3) is 5.91 Å². The van der Waals surface area contributed by atoms with E-state index in [1.807, 2.05) is 0 Å². The number of anilines is 2. The molecule has 0 aliphatic heterocycles. The molecular weight excluding hydrogens is 535 g/mol. The van der Waals surface area contributed by atoms with Gasteiger partial charge in [0.05, 0.1) is 26.3 Å². The third-order valence-corrected chi connectivity index (χ3v) is 6.61. The van der Waals surface area contributed by atoms with Crippen LogP contribution in [0, 0.1) is 0 Å². The van der Waals surface area contributed by atoms with Gasteiger partial charge in [-0.05, 0) is 34.1 Å². The first kappa shape index (κ1) is 24.1. The lowest BCUT2D eigenvalue weighted by atomic mass is 10.0. The first-order valence-electron chi connectivity index (χ1n) is 8.90. The van der Waals surface area contributed by atoms with Crippen molar-refractivity contribution in [1.29, 1.82) is 0 Å². The largest absolute Gasteiger partial charge is 0.417 e. The number of carbonyl (C=O) groups excluding carboxylic acids is 2. The number of benzene rings is 1. The van der Waals surface area contributed by atoms with E-state index in [2.05, 4.69) is 36.2 Å². The van der Waals surface area contributed by atoms with E-state index in [0.717, 1.165) is 23.5 Å². The van der Waals surface area contributed by atoms with Gasteiger partial charge in [0.2, 0.25) is 0 Å². The predicted octanol–water partition coefficient (Wildman–Crippen LogP) is 5.58. The van der Waals surface area contributed by atoms with E-state index in [1.54, 1.807) is 6.92 Å². The van der Waals surface area contributed by atoms with Gasteiger partial charge in [-0.15, -0.1) is 11.3 Å². The summed E-state index contributed by atoms with van der Waals surface area (Å²) < 4.78 is 39.3. The van der Waals surface area contributed by atoms with Crippen molar-refractivity contribution >= 4 is 62.1 Å². The van der Waals surface area contributed by atoms with E-state index in [-0.39, 0.29) is 40.2 Å². The lowest BCUT2D eigenvalue weighted by Gasteiger charge is -2.11. The summed E-state index contributed by atoms with van der Waals surface area (Å²) in [5.41, 5.74) is 4.70. The van der Waals surface area contributed by atoms with Crippen LogP contribution in [-0.4, -0.2) is 26.6 Å². The third-order valence-electron chi connectivity index (χ3n) is 4.27. The lowest BCUT2D eigenvalue weighted by molar-refractivity contribution is -0.137. The average molecular weight is 549 g/mol. The molecule has 0 bridgehead atoms. The van der Waals surface area contributed by atoms with Gasteiger partial charge < -0.3 is 11.1 Å². The summed E-state index contributed by atoms with van der Waals surface area (Å²) in [5, 5.41) is 2.44. The van der Waals surface area contributed by atoms with Gasteiger partial charge in [-0.1, -0.05) is 18.5 Å². The fourth-order valence-corrected chi connectivity index (χ4v) is 4.19. The number of Topliss-reactive ketones (excluding diaryl/α,β-unsaturated/α-hetero) is 1. The van der Waals surface area contributed by atoms with Crippen molar-refractivity contribution < 1.29 is 22.8 Å². The fraction of sp³-hybridized carbons (Fsp3) is 0.211. The van der Waals surface area contributed by atoms with Crippen molar-refractivity contribution in [2.75, 3.05) is 11.1 Å². The molecule has 1 aromatic carbocycles. The highest BCUT2D eigenvalue weighted by molar-refractivity contribution is 9.10. The summed E-state index contributed by atoms with van der Waals surface area (Å²) in [4.78, 5) is 37.1. The summed E-state index contributed by atoms with van der Waals surface area (Å²) in [6, 6.07) is 3.09. The number of nitrogens with two attached hydrogens (primary N) is 1. The lowest BCUT2D eigenvalue weighted by Crippen LogP contribution is -2.12. The SMILES string of the molecule is CC(CC(=O)c1ncnc(N)c1Br)c1ncc(C(=O)Nc2ccc(Cl)c(C(F)(F)F)c2)s1. The molecule has 3 N–H and O–H groups in total. The second-order valence-electron chi connectivity index (χ2n) is 6.66. The van der Waals surface area contributed by atoms with Crippen molar-refractivity contribution in [2.45, 2.75) is 25.4 Å². The van der Waals surface area contributed by atoms with Gasteiger partial charge in [0.1, 0.15) is 22.7 Å². The molecule has 3 rings (SSSR count). The molecular formula is C19H14BrClF3N5O2S. The van der Waals surface area contributed by atoms with Crippen LogP contribution in [0.1, 0.15) is 50.0 Å². The summed E-state index contributed by atoms with van der Waals surface area (Å²) >= 11 is 9.81. The number of hydrogen-bond donors (Lipinski definition) is 2. The van der Waals surface area contributed by atoms with Gasteiger partial charge in [0, 0.05) is 18.0 Å². The Balaban J connectivity index is 1.70. The molecule has 13 heteroatoms. The second kappa shape index (κ2) is 9.51. The quantitative estimate of drug-likeness (QED) is 0.389. The van der Waals surface area contributed by atoms with Crippen LogP contribution in [-0.2, 0) is 6.18 Å². The molecule has 1 atom stereocenters. The van der Waals surface area contributed by atoms with Crippen LogP contribution in [0.4, 0.5) is 24.7 Å². The normalized spacial score (nSPS) is 12.4. The van der Waals surface area contributed by atoms with Crippen molar-refractivity contribution in [3.8, 4) is 0 Å². The zero-order valence-corrected chi connectivity index (χ0v) is 19.4. The maximum absolute atomic E-state index is 13.0. The topological polar surface area (TPSA) is 111 Å². The Morgan fingerprint density at radius 2 is 2.00 bits per heavy atom. The number of thiazole rings is 1. The van der Waals surface area contributed by atoms with Crippen molar-refractivity contribution in [3.05, 3.63) is 61.4 Å². The van der Waals surface area contributed by atoms with E-state index in [1.165, 1.54) is 18.6 Å². The third kappa shape index (κ3) is 5.43. The number of nitrogens with zero attached hydrogens (tertiary/aromatic N) is 3. The van der Waals surface area contributed by atoms with Crippen LogP contribution in [0.2, 0.25) is 5.02 Å². The highest BCUT2D eigenvalue weighted by Gasteiger charge is 2.33. The summed E-state index contributed by atoms with van der Waals surface area (Å²) in [7, 11) is 0. The Labute approximate surface area is 197 Å². The van der Waals surface area contributed by atoms with E-state index < -0.39 is 22.7 Å². The van der Waals surface area contributed by atoms with Crippen LogP contribution in [0.5, 0.6) is 0 Å². The number of aromatic nitrogens is 3. The van der Waals surface area contributed by atoms with Crippen LogP contribution in [0.15, 0.2) is 35.2 Å². The molecule has 168 valence electrons. The molecule has 0 aliphatic rings. The standard InChI is InChI=1S/C19H14BrClF3N5O2S/c1-8(4-12(30)15-14(20)16(25)28-7-27-15)18-26-6-13(32-18)17(31)29-9-2-3-11(21)10(5-9)19(22,23)24/h2-3,5-8H,4H2,1H3,(H,29,31)(H2,25,27,28). The van der Waals surface area contributed by atoms with Crippen LogP contribution >= 0.6 is 38.9 Å². The monoisotopic (exact) mass is 547 g/mol. The number of halogens is 5. The van der Waals surface area contributed by atoms with E-state index >= 15 is 0 Å². The number of nitrogen functional groups attached to an aromatic ring is 1. The molecule has 0 aliphatic carbocycles. The number of amides is 1. The Kier molecular flexibility index (Phi) is 7.16. The minimum Gasteiger partial charge on any atom is -0.383 e. The van der Waals surface area contributed by atoms with E-state index in [9.17, 15) is 22.8 Å². The summed E-state index contributed by atoms with van der Waals surface area (Å²) in [6.07, 6.45) is -2.11. The number of carbonyl (C=O) groups is 2. The molecule has 2 heterocycles. The highest BCUT2D eigenvalue weighted by atomic mass is 79.9. The molecule has 1 amide bonds. The van der Waals surface area contributed by atoms with E-state index in [0.29, 0.717) is 9.48 Å². The molecule has 1 unspecified atom stereocenters. The van der Waals surface area contributed by atoms with Crippen molar-refractivity contribution in [2.24, 2.45) is 0 Å². The number of nitrogens with one attached hydrogen (secondary N) is 1. The Morgan fingerprint density at radius 1 is 1.28 bits per heavy atom. The van der Waals surface area contributed by atoms with Gasteiger partial charge in [-0.3, -0.25) is 9.59 Å². The van der Waals surface area contributed by atoms with Crippen LogP contribution < -0.4 is 11.1 Å². The first-order chi connectivity index (χ1) is 15.0. The Morgan fingerprint density at radius 3 is 2.69 bits per heavy atom. The Bertz CT molecular complexity index is 1190. The van der Waals surface area contributed by atoms with Gasteiger partial charge in [-0.2, -0.15) is 13.2 Å². The maximum Gasteiger partial charge on any atom is 0.417 e. The number of rotatable bonds is 6. The molecule has 0 saturated heterocycles. The molecule has 0 saturated carbocycles. The molecule has 32 heavy (non-hydrogen) atoms. The molecule has 0 radical (unpaired) electrons. The number of alkyl halides is 3. The zero-order valence-electron chi connectivity index (χ0n) is 16.2. The summed E-state index contributed by atoms with van der Waals surface area (Å²) in [5.74, 6) is -1.13. The second-order valence-corrected chi connectivity index (χ2v) is 8.92. The molecule has 2 aromatic heterocycles. The van der Waals surface area contributed by atoms with Crippen LogP contribution in [0.3, 0.4) is 0 Å². The van der Waals surface area contributed by atoms with Gasteiger partial charge in [-0.25, -0.2) is 15.0 Å². The smallest absolute Gasteiger partial charge is 0.383 e.